The van der Waals surface area contributed by atoms with Gasteiger partial charge in [0.2, 0.25) is 17.6 Å². The van der Waals surface area contributed by atoms with Crippen LogP contribution in [-0.2, 0) is 11.3 Å². The van der Waals surface area contributed by atoms with Gasteiger partial charge in [0.05, 0.1) is 10.8 Å². The summed E-state index contributed by atoms with van der Waals surface area (Å²) >= 11 is 1.57. The Kier molecular flexibility index (Phi) is 3.23. The summed E-state index contributed by atoms with van der Waals surface area (Å²) < 4.78 is 6.94. The molecule has 3 aromatic rings. The third-order valence-electron chi connectivity index (χ3n) is 3.62. The molecule has 3 aromatic heterocycles. The maximum absolute atomic E-state index is 12.1. The van der Waals surface area contributed by atoms with Crippen molar-refractivity contribution >= 4 is 17.2 Å². The van der Waals surface area contributed by atoms with Gasteiger partial charge < -0.3 is 9.42 Å². The summed E-state index contributed by atoms with van der Waals surface area (Å²) in [6.45, 7) is 1.50. The second kappa shape index (κ2) is 5.38. The van der Waals surface area contributed by atoms with Crippen molar-refractivity contribution in [1.29, 1.82) is 0 Å². The molecule has 0 bridgehead atoms. The van der Waals surface area contributed by atoms with Gasteiger partial charge in [0.1, 0.15) is 6.54 Å². The van der Waals surface area contributed by atoms with E-state index in [2.05, 4.69) is 15.2 Å². The van der Waals surface area contributed by atoms with Gasteiger partial charge in [-0.05, 0) is 17.5 Å². The van der Waals surface area contributed by atoms with Crippen LogP contribution in [0.15, 0.2) is 40.5 Å². The van der Waals surface area contributed by atoms with E-state index in [4.69, 9.17) is 4.52 Å². The van der Waals surface area contributed by atoms with E-state index in [-0.39, 0.29) is 18.4 Å². The van der Waals surface area contributed by atoms with Gasteiger partial charge in [-0.1, -0.05) is 11.2 Å². The molecule has 112 valence electrons. The minimum Gasteiger partial charge on any atom is -0.339 e. The molecule has 1 fully saturated rings. The zero-order valence-corrected chi connectivity index (χ0v) is 12.4. The summed E-state index contributed by atoms with van der Waals surface area (Å²) in [5, 5.41) is 10.0. The number of amides is 1. The lowest BCUT2D eigenvalue weighted by Gasteiger charge is -2.37. The molecule has 0 N–H and O–H groups in total. The molecule has 7 nitrogen and oxygen atoms in total. The Morgan fingerprint density at radius 3 is 3.05 bits per heavy atom. The monoisotopic (exact) mass is 315 g/mol. The normalized spacial score (nSPS) is 15.0. The third-order valence-corrected chi connectivity index (χ3v) is 4.49. The number of aromatic nitrogens is 4. The number of thiophene rings is 1. The summed E-state index contributed by atoms with van der Waals surface area (Å²) in [5.41, 5.74) is 0. The molecule has 22 heavy (non-hydrogen) atoms. The van der Waals surface area contributed by atoms with Crippen molar-refractivity contribution in [3.05, 3.63) is 41.9 Å². The van der Waals surface area contributed by atoms with Gasteiger partial charge >= 0.3 is 0 Å². The largest absolute Gasteiger partial charge is 0.339 e. The molecule has 4 heterocycles. The van der Waals surface area contributed by atoms with Crippen molar-refractivity contribution in [3.63, 3.8) is 0 Å². The Morgan fingerprint density at radius 1 is 1.41 bits per heavy atom. The molecule has 8 heteroatoms. The van der Waals surface area contributed by atoms with E-state index in [9.17, 15) is 4.79 Å². The predicted octanol–water partition coefficient (Wildman–Crippen LogP) is 1.62. The zero-order chi connectivity index (χ0) is 14.9. The number of likely N-dealkylation sites (tertiary alicyclic amines) is 1. The lowest BCUT2D eigenvalue weighted by atomic mass is 10.00. The van der Waals surface area contributed by atoms with Crippen molar-refractivity contribution in [2.24, 2.45) is 0 Å². The average molecular weight is 315 g/mol. The van der Waals surface area contributed by atoms with Crippen molar-refractivity contribution in [2.45, 2.75) is 12.5 Å². The van der Waals surface area contributed by atoms with Gasteiger partial charge in [0.25, 0.3) is 0 Å². The summed E-state index contributed by atoms with van der Waals surface area (Å²) in [5.74, 6) is 1.40. The highest BCUT2D eigenvalue weighted by Crippen LogP contribution is 2.29. The van der Waals surface area contributed by atoms with Gasteiger partial charge in [-0.2, -0.15) is 10.1 Å². The lowest BCUT2D eigenvalue weighted by molar-refractivity contribution is -0.136. The van der Waals surface area contributed by atoms with Crippen LogP contribution in [0.3, 0.4) is 0 Å². The van der Waals surface area contributed by atoms with Crippen LogP contribution in [-0.4, -0.2) is 43.8 Å². The molecule has 1 saturated heterocycles. The van der Waals surface area contributed by atoms with E-state index in [1.165, 1.54) is 0 Å². The fourth-order valence-corrected chi connectivity index (χ4v) is 3.03. The van der Waals surface area contributed by atoms with Gasteiger partial charge in [0.15, 0.2) is 0 Å². The molecule has 0 radical (unpaired) electrons. The smallest absolute Gasteiger partial charge is 0.244 e. The molecule has 1 aliphatic rings. The van der Waals surface area contributed by atoms with Gasteiger partial charge in [-0.15, -0.1) is 11.3 Å². The maximum Gasteiger partial charge on any atom is 0.244 e. The Balaban J connectivity index is 1.36. The molecular formula is C14H13N5O2S. The molecular weight excluding hydrogens is 302 g/mol. The predicted molar refractivity (Wildman–Crippen MR) is 79.2 cm³/mol. The van der Waals surface area contributed by atoms with E-state index >= 15 is 0 Å². The van der Waals surface area contributed by atoms with Gasteiger partial charge in [-0.25, -0.2) is 0 Å². The highest BCUT2D eigenvalue weighted by atomic mass is 32.1. The van der Waals surface area contributed by atoms with Crippen LogP contribution in [0.1, 0.15) is 11.8 Å². The summed E-state index contributed by atoms with van der Waals surface area (Å²) in [6, 6.07) is 5.71. The Morgan fingerprint density at radius 2 is 2.32 bits per heavy atom. The highest BCUT2D eigenvalue weighted by molar-refractivity contribution is 7.13. The zero-order valence-electron chi connectivity index (χ0n) is 11.6. The summed E-state index contributed by atoms with van der Waals surface area (Å²) in [6.07, 6.45) is 3.44. The van der Waals surface area contributed by atoms with Crippen LogP contribution in [0.5, 0.6) is 0 Å². The Hall–Kier alpha value is -2.48. The van der Waals surface area contributed by atoms with E-state index in [1.54, 1.807) is 39.4 Å². The van der Waals surface area contributed by atoms with Crippen molar-refractivity contribution in [1.82, 2.24) is 24.8 Å². The second-order valence-corrected chi connectivity index (χ2v) is 6.08. The summed E-state index contributed by atoms with van der Waals surface area (Å²) in [4.78, 5) is 19.2. The van der Waals surface area contributed by atoms with E-state index in [0.717, 1.165) is 4.88 Å². The fraction of sp³-hybridized carbons (Fsp3) is 0.286. The first kappa shape index (κ1) is 13.2. The third kappa shape index (κ3) is 2.41. The molecule has 0 saturated carbocycles. The fourth-order valence-electron chi connectivity index (χ4n) is 2.38. The SMILES string of the molecule is O=C(Cn1cccn1)N1CC(c2nc(-c3cccs3)no2)C1. The number of nitrogens with zero attached hydrogens (tertiary/aromatic N) is 5. The molecule has 0 aliphatic carbocycles. The molecule has 0 unspecified atom stereocenters. The molecule has 0 atom stereocenters. The van der Waals surface area contributed by atoms with Crippen molar-refractivity contribution in [2.75, 3.05) is 13.1 Å². The quantitative estimate of drug-likeness (QED) is 0.731. The van der Waals surface area contributed by atoms with Crippen LogP contribution in [0.4, 0.5) is 0 Å². The Labute approximate surface area is 130 Å². The average Bonchev–Trinajstić information content (AvgIpc) is 3.19. The van der Waals surface area contributed by atoms with Crippen LogP contribution in [0.2, 0.25) is 0 Å². The van der Waals surface area contributed by atoms with Crippen LogP contribution < -0.4 is 0 Å². The molecule has 4 rings (SSSR count). The standard InChI is InChI=1S/C14H13N5O2S/c20-12(9-19-5-2-4-15-19)18-7-10(8-18)14-16-13(17-21-14)11-3-1-6-22-11/h1-6,10H,7-9H2. The Bertz CT molecular complexity index is 759. The lowest BCUT2D eigenvalue weighted by Crippen LogP contribution is -2.49. The van der Waals surface area contributed by atoms with Crippen LogP contribution >= 0.6 is 11.3 Å². The van der Waals surface area contributed by atoms with Crippen molar-refractivity contribution in [3.8, 4) is 10.7 Å². The molecule has 0 spiro atoms. The van der Waals surface area contributed by atoms with Crippen LogP contribution in [0, 0.1) is 0 Å². The molecule has 0 aromatic carbocycles. The second-order valence-electron chi connectivity index (χ2n) is 5.13. The van der Waals surface area contributed by atoms with Crippen LogP contribution in [0.25, 0.3) is 10.7 Å². The minimum atomic E-state index is 0.0537. The number of rotatable bonds is 4. The number of carbonyl (C=O) groups is 1. The van der Waals surface area contributed by atoms with E-state index < -0.39 is 0 Å². The van der Waals surface area contributed by atoms with E-state index in [0.29, 0.717) is 24.8 Å². The first-order chi connectivity index (χ1) is 10.8. The molecule has 1 amide bonds. The van der Waals surface area contributed by atoms with Gasteiger partial charge in [0, 0.05) is 25.5 Å². The number of hydrogen-bond acceptors (Lipinski definition) is 6. The highest BCUT2D eigenvalue weighted by Gasteiger charge is 2.35. The van der Waals surface area contributed by atoms with Gasteiger partial charge in [-0.3, -0.25) is 9.48 Å². The van der Waals surface area contributed by atoms with E-state index in [1.807, 2.05) is 17.5 Å². The minimum absolute atomic E-state index is 0.0537. The maximum atomic E-state index is 12.1. The first-order valence-electron chi connectivity index (χ1n) is 6.92. The number of hydrogen-bond donors (Lipinski definition) is 0. The molecule has 1 aliphatic heterocycles. The number of carbonyl (C=O) groups excluding carboxylic acids is 1. The van der Waals surface area contributed by atoms with Crippen molar-refractivity contribution < 1.29 is 9.32 Å². The summed E-state index contributed by atoms with van der Waals surface area (Å²) in [7, 11) is 0. The topological polar surface area (TPSA) is 77.1 Å². The first-order valence-corrected chi connectivity index (χ1v) is 7.80.